The molecule has 0 spiro atoms. The molecule has 2 rings (SSSR count). The Hall–Kier alpha value is -3.07. The van der Waals surface area contributed by atoms with E-state index in [0.29, 0.717) is 19.6 Å². The Balaban J connectivity index is 2.21. The van der Waals surface area contributed by atoms with Gasteiger partial charge in [-0.3, -0.25) is 4.79 Å². The molecule has 2 aromatic carbocycles. The highest BCUT2D eigenvalue weighted by atomic mass is 19.4. The fourth-order valence-electron chi connectivity index (χ4n) is 3.29. The summed E-state index contributed by atoms with van der Waals surface area (Å²) < 4.78 is 39.0. The van der Waals surface area contributed by atoms with Crippen LogP contribution in [0.4, 0.5) is 23.7 Å². The van der Waals surface area contributed by atoms with Crippen LogP contribution in [0.5, 0.6) is 0 Å². The molecule has 0 aromatic heterocycles. The number of amides is 3. The number of nitrogens with zero attached hydrogens (tertiary/aromatic N) is 2. The second-order valence-corrected chi connectivity index (χ2v) is 9.52. The molecule has 34 heavy (non-hydrogen) atoms. The molecule has 9 heteroatoms. The smallest absolute Gasteiger partial charge is 0.335 e. The zero-order valence-electron chi connectivity index (χ0n) is 20.2. The van der Waals surface area contributed by atoms with Crippen molar-refractivity contribution < 1.29 is 22.8 Å². The van der Waals surface area contributed by atoms with Crippen LogP contribution < -0.4 is 10.6 Å². The Morgan fingerprint density at radius 2 is 1.59 bits per heavy atom. The molecule has 1 unspecified atom stereocenters. The number of carbonyl (C=O) groups excluding carboxylic acids is 2. The Morgan fingerprint density at radius 1 is 0.941 bits per heavy atom. The van der Waals surface area contributed by atoms with Crippen LogP contribution in [-0.2, 0) is 17.5 Å². The van der Waals surface area contributed by atoms with Gasteiger partial charge in [-0.1, -0.05) is 57.2 Å². The van der Waals surface area contributed by atoms with Gasteiger partial charge >= 0.3 is 12.2 Å². The summed E-state index contributed by atoms with van der Waals surface area (Å²) in [5.74, 6) is -0.266. The Kier molecular flexibility index (Phi) is 9.09. The first kappa shape index (κ1) is 27.2. The van der Waals surface area contributed by atoms with Gasteiger partial charge in [-0.25, -0.2) is 4.79 Å². The highest BCUT2D eigenvalue weighted by molar-refractivity contribution is 5.94. The number of nitrogens with one attached hydrogen (secondary N) is 2. The summed E-state index contributed by atoms with van der Waals surface area (Å²) in [6, 6.07) is 12.2. The second kappa shape index (κ2) is 11.4. The average molecular weight is 479 g/mol. The molecule has 0 saturated heterocycles. The molecule has 0 aliphatic rings. The van der Waals surface area contributed by atoms with Crippen molar-refractivity contribution in [3.05, 3.63) is 65.7 Å². The van der Waals surface area contributed by atoms with Crippen molar-refractivity contribution in [2.75, 3.05) is 32.5 Å². The lowest BCUT2D eigenvalue weighted by Gasteiger charge is -2.35. The van der Waals surface area contributed by atoms with Crippen molar-refractivity contribution in [3.8, 4) is 0 Å². The quantitative estimate of drug-likeness (QED) is 0.571. The second-order valence-electron chi connectivity index (χ2n) is 9.52. The Morgan fingerprint density at radius 3 is 2.15 bits per heavy atom. The molecule has 2 N–H and O–H groups in total. The van der Waals surface area contributed by atoms with Crippen molar-refractivity contribution in [3.63, 3.8) is 0 Å². The average Bonchev–Trinajstić information content (AvgIpc) is 2.74. The number of rotatable bonds is 8. The molecule has 2 aromatic rings. The molecule has 0 fully saturated rings. The number of carbonyl (C=O) groups is 2. The van der Waals surface area contributed by atoms with Crippen molar-refractivity contribution in [2.24, 2.45) is 5.41 Å². The number of hydrogen-bond donors (Lipinski definition) is 2. The van der Waals surface area contributed by atoms with Crippen LogP contribution in [0.2, 0.25) is 0 Å². The van der Waals surface area contributed by atoms with Gasteiger partial charge in [0, 0.05) is 25.3 Å². The lowest BCUT2D eigenvalue weighted by Crippen LogP contribution is -2.56. The monoisotopic (exact) mass is 478 g/mol. The third kappa shape index (κ3) is 8.37. The molecule has 0 bridgehead atoms. The summed E-state index contributed by atoms with van der Waals surface area (Å²) in [5, 5.41) is 5.10. The Labute approximate surface area is 199 Å². The fraction of sp³-hybridized carbons (Fsp3) is 0.440. The van der Waals surface area contributed by atoms with Gasteiger partial charge in [0.25, 0.3) is 0 Å². The number of benzene rings is 2. The van der Waals surface area contributed by atoms with Crippen molar-refractivity contribution >= 4 is 17.6 Å². The van der Waals surface area contributed by atoms with Gasteiger partial charge in [0.1, 0.15) is 6.04 Å². The molecule has 186 valence electrons. The van der Waals surface area contributed by atoms with Crippen LogP contribution in [0.3, 0.4) is 0 Å². The largest absolute Gasteiger partial charge is 0.416 e. The molecule has 0 heterocycles. The number of anilines is 1. The maximum Gasteiger partial charge on any atom is 0.416 e. The summed E-state index contributed by atoms with van der Waals surface area (Å²) in [6.45, 7) is 6.93. The number of hydrogen-bond acceptors (Lipinski definition) is 3. The molecule has 0 aliphatic heterocycles. The lowest BCUT2D eigenvalue weighted by atomic mass is 9.85. The van der Waals surface area contributed by atoms with Gasteiger partial charge < -0.3 is 20.4 Å². The van der Waals surface area contributed by atoms with E-state index >= 15 is 0 Å². The van der Waals surface area contributed by atoms with Gasteiger partial charge in [-0.05, 0) is 43.3 Å². The van der Waals surface area contributed by atoms with Crippen LogP contribution in [0.1, 0.15) is 31.9 Å². The minimum absolute atomic E-state index is 0.0128. The van der Waals surface area contributed by atoms with Crippen molar-refractivity contribution in [1.29, 1.82) is 0 Å². The van der Waals surface area contributed by atoms with Gasteiger partial charge in [-0.2, -0.15) is 13.2 Å². The molecule has 0 radical (unpaired) electrons. The van der Waals surface area contributed by atoms with E-state index in [9.17, 15) is 22.8 Å². The molecule has 1 atom stereocenters. The van der Waals surface area contributed by atoms with E-state index in [0.717, 1.165) is 17.7 Å². The van der Waals surface area contributed by atoms with Crippen molar-refractivity contribution in [1.82, 2.24) is 15.1 Å². The highest BCUT2D eigenvalue weighted by Crippen LogP contribution is 2.30. The van der Waals surface area contributed by atoms with Gasteiger partial charge in [0.2, 0.25) is 5.91 Å². The van der Waals surface area contributed by atoms with E-state index in [4.69, 9.17) is 0 Å². The Bertz CT molecular complexity index is 957. The summed E-state index contributed by atoms with van der Waals surface area (Å²) >= 11 is 0. The third-order valence-corrected chi connectivity index (χ3v) is 5.18. The first-order valence-corrected chi connectivity index (χ1v) is 11.0. The summed E-state index contributed by atoms with van der Waals surface area (Å²) in [5.41, 5.74) is -0.571. The SMILES string of the molecule is CN(C)CCN(Cc1ccccc1)C(=O)C(NC(=O)Nc1cccc(C(F)(F)F)c1)C(C)(C)C. The van der Waals surface area contributed by atoms with E-state index in [1.165, 1.54) is 12.1 Å². The number of likely N-dealkylation sites (N-methyl/N-ethyl adjacent to an activating group) is 1. The predicted octanol–water partition coefficient (Wildman–Crippen LogP) is 4.83. The fourth-order valence-corrected chi connectivity index (χ4v) is 3.29. The number of alkyl halides is 3. The third-order valence-electron chi connectivity index (χ3n) is 5.18. The lowest BCUT2D eigenvalue weighted by molar-refractivity contribution is -0.138. The van der Waals surface area contributed by atoms with Crippen LogP contribution in [0.15, 0.2) is 54.6 Å². The topological polar surface area (TPSA) is 64.7 Å². The molecular weight excluding hydrogens is 445 g/mol. The molecule has 3 amide bonds. The van der Waals surface area contributed by atoms with Gasteiger partial charge in [-0.15, -0.1) is 0 Å². The van der Waals surface area contributed by atoms with Gasteiger partial charge in [0.05, 0.1) is 5.56 Å². The zero-order chi connectivity index (χ0) is 25.5. The van der Waals surface area contributed by atoms with E-state index in [1.807, 2.05) is 70.1 Å². The zero-order valence-corrected chi connectivity index (χ0v) is 20.2. The van der Waals surface area contributed by atoms with Crippen LogP contribution in [0.25, 0.3) is 0 Å². The van der Waals surface area contributed by atoms with E-state index in [1.54, 1.807) is 4.90 Å². The van der Waals surface area contributed by atoms with E-state index in [-0.39, 0.29) is 11.6 Å². The molecule has 0 saturated carbocycles. The first-order valence-electron chi connectivity index (χ1n) is 11.0. The normalized spacial score (nSPS) is 12.9. The van der Waals surface area contributed by atoms with Crippen LogP contribution in [-0.4, -0.2) is 55.0 Å². The van der Waals surface area contributed by atoms with Gasteiger partial charge in [0.15, 0.2) is 0 Å². The number of urea groups is 1. The van der Waals surface area contributed by atoms with Crippen LogP contribution >= 0.6 is 0 Å². The molecule has 6 nitrogen and oxygen atoms in total. The summed E-state index contributed by atoms with van der Waals surface area (Å²) in [4.78, 5) is 29.9. The maximum atomic E-state index is 13.6. The van der Waals surface area contributed by atoms with Crippen LogP contribution in [0, 0.1) is 5.41 Å². The maximum absolute atomic E-state index is 13.6. The predicted molar refractivity (Wildman–Crippen MR) is 127 cm³/mol. The first-order chi connectivity index (χ1) is 15.8. The summed E-state index contributed by atoms with van der Waals surface area (Å²) in [7, 11) is 3.82. The molecular formula is C25H33F3N4O2. The number of halogens is 3. The van der Waals surface area contributed by atoms with Crippen molar-refractivity contribution in [2.45, 2.75) is 39.5 Å². The highest BCUT2D eigenvalue weighted by Gasteiger charge is 2.36. The minimum Gasteiger partial charge on any atom is -0.335 e. The standard InChI is InChI=1S/C25H33F3N4O2/c1-24(2,3)21(30-23(34)29-20-13-9-12-19(16-20)25(26,27)28)22(33)32(15-14-31(4)5)17-18-10-7-6-8-11-18/h6-13,16,21H,14-15,17H2,1-5H3,(H2,29,30,34). The van der Waals surface area contributed by atoms with E-state index < -0.39 is 29.2 Å². The molecule has 0 aliphatic carbocycles. The minimum atomic E-state index is -4.53. The van der Waals surface area contributed by atoms with E-state index in [2.05, 4.69) is 10.6 Å². The summed E-state index contributed by atoms with van der Waals surface area (Å²) in [6.07, 6.45) is -4.53.